The van der Waals surface area contributed by atoms with Crippen LogP contribution in [0, 0.1) is 6.57 Å². The number of hydrogen-bond acceptors (Lipinski definition) is 5. The lowest BCUT2D eigenvalue weighted by Crippen LogP contribution is -2.51. The van der Waals surface area contributed by atoms with Crippen molar-refractivity contribution < 1.29 is 29.0 Å². The van der Waals surface area contributed by atoms with Crippen molar-refractivity contribution >= 4 is 17.9 Å². The Kier molecular flexibility index (Phi) is 8.29. The number of carbonyl (C=O) groups is 3. The molecule has 10 heteroatoms. The smallest absolute Gasteiger partial charge is 0.315 e. The highest BCUT2D eigenvalue weighted by Crippen LogP contribution is 2.34. The molecule has 1 aliphatic heterocycles. The van der Waals surface area contributed by atoms with E-state index in [2.05, 4.69) is 15.5 Å². The van der Waals surface area contributed by atoms with Crippen molar-refractivity contribution in [3.8, 4) is 11.5 Å². The number of unbranched alkanes of at least 4 members (excludes halogenated alkanes) is 1. The third kappa shape index (κ3) is 6.27. The summed E-state index contributed by atoms with van der Waals surface area (Å²) in [5.41, 5.74) is 0.540. The number of hydrogen-bond donors (Lipinski definition) is 3. The van der Waals surface area contributed by atoms with Crippen molar-refractivity contribution in [1.82, 2.24) is 15.5 Å². The van der Waals surface area contributed by atoms with E-state index in [0.29, 0.717) is 29.9 Å². The van der Waals surface area contributed by atoms with Crippen LogP contribution in [-0.4, -0.2) is 54.5 Å². The van der Waals surface area contributed by atoms with Crippen LogP contribution in [0.4, 0.5) is 4.79 Å². The van der Waals surface area contributed by atoms with Crippen LogP contribution in [0.1, 0.15) is 44.2 Å². The van der Waals surface area contributed by atoms with E-state index in [1.807, 2.05) is 6.92 Å². The summed E-state index contributed by atoms with van der Waals surface area (Å²) in [7, 11) is 1.50. The molecule has 0 saturated heterocycles. The van der Waals surface area contributed by atoms with Crippen molar-refractivity contribution in [2.45, 2.75) is 44.7 Å². The van der Waals surface area contributed by atoms with Gasteiger partial charge in [0.2, 0.25) is 6.79 Å². The van der Waals surface area contributed by atoms with Gasteiger partial charge in [-0.05, 0) is 24.1 Å². The van der Waals surface area contributed by atoms with Gasteiger partial charge in [-0.15, -0.1) is 0 Å². The minimum Gasteiger partial charge on any atom is -0.481 e. The molecule has 162 valence electrons. The van der Waals surface area contributed by atoms with E-state index in [-0.39, 0.29) is 25.8 Å². The summed E-state index contributed by atoms with van der Waals surface area (Å²) >= 11 is 0. The highest BCUT2D eigenvalue weighted by Gasteiger charge is 2.27. The summed E-state index contributed by atoms with van der Waals surface area (Å²) < 4.78 is 10.6. The largest absolute Gasteiger partial charge is 0.481 e. The Hall–Kier alpha value is -3.48. The van der Waals surface area contributed by atoms with Crippen LogP contribution in [-0.2, 0) is 9.59 Å². The predicted molar refractivity (Wildman–Crippen MR) is 107 cm³/mol. The number of amides is 3. The number of carbonyl (C=O) groups excluding carboxylic acids is 2. The number of nitrogens with zero attached hydrogens (tertiary/aromatic N) is 2. The average molecular weight is 418 g/mol. The van der Waals surface area contributed by atoms with Crippen LogP contribution in [0.25, 0.3) is 4.85 Å². The Morgan fingerprint density at radius 3 is 2.67 bits per heavy atom. The molecule has 1 aromatic carbocycles. The molecule has 0 bridgehead atoms. The Balaban J connectivity index is 2.11. The molecule has 0 saturated carbocycles. The lowest BCUT2D eigenvalue weighted by Gasteiger charge is -2.24. The van der Waals surface area contributed by atoms with Gasteiger partial charge >= 0.3 is 12.0 Å². The number of ether oxygens (including phenoxy) is 2. The van der Waals surface area contributed by atoms with Crippen LogP contribution in [0.3, 0.4) is 0 Å². The first-order valence-corrected chi connectivity index (χ1v) is 9.62. The summed E-state index contributed by atoms with van der Waals surface area (Å²) in [4.78, 5) is 40.9. The van der Waals surface area contributed by atoms with E-state index in [1.165, 1.54) is 11.9 Å². The molecule has 0 radical (unpaired) electrons. The molecule has 0 aromatic heterocycles. The Bertz CT molecular complexity index is 822. The van der Waals surface area contributed by atoms with Gasteiger partial charge in [0.15, 0.2) is 11.5 Å². The van der Waals surface area contributed by atoms with Crippen LogP contribution in [0.15, 0.2) is 18.2 Å². The zero-order valence-corrected chi connectivity index (χ0v) is 17.0. The summed E-state index contributed by atoms with van der Waals surface area (Å²) in [6.45, 7) is 8.85. The van der Waals surface area contributed by atoms with Gasteiger partial charge < -0.3 is 25.2 Å². The number of likely N-dealkylation sites (N-methyl/N-ethyl adjacent to an activating group) is 1. The molecule has 1 aromatic rings. The monoisotopic (exact) mass is 418 g/mol. The normalized spacial score (nSPS) is 13.6. The number of rotatable bonds is 10. The SMILES string of the molecule is [C-]#[N+]CN(C)C(=O)[C@H](CCCC)NC(=O)N[C@@H](CC(=O)O)c1ccc2c(c1)OCO2. The lowest BCUT2D eigenvalue weighted by atomic mass is 10.0. The summed E-state index contributed by atoms with van der Waals surface area (Å²) in [5.74, 6) is -0.437. The standard InChI is InChI=1S/C20H26N4O6/c1-4-5-6-14(19(27)24(3)11-21-2)22-20(28)23-15(10-18(25)26)13-7-8-16-17(9-13)30-12-29-16/h7-9,14-15H,4-6,10-12H2,1,3H3,(H,25,26)(H2,22,23,28)/t14-,15-/m0/s1. The first-order chi connectivity index (χ1) is 14.3. The predicted octanol–water partition coefficient (Wildman–Crippen LogP) is 2.12. The Morgan fingerprint density at radius 2 is 2.00 bits per heavy atom. The van der Waals surface area contributed by atoms with Crippen LogP contribution in [0.5, 0.6) is 11.5 Å². The van der Waals surface area contributed by atoms with E-state index < -0.39 is 24.1 Å². The van der Waals surface area contributed by atoms with E-state index in [1.54, 1.807) is 18.2 Å². The quantitative estimate of drug-likeness (QED) is 0.501. The molecule has 3 N–H and O–H groups in total. The molecule has 0 fully saturated rings. The molecular formula is C20H26N4O6. The van der Waals surface area contributed by atoms with E-state index in [9.17, 15) is 19.5 Å². The van der Waals surface area contributed by atoms with Gasteiger partial charge in [0, 0.05) is 7.05 Å². The Labute approximate surface area is 175 Å². The minimum absolute atomic E-state index is 0.0790. The fourth-order valence-corrected chi connectivity index (χ4v) is 3.02. The maximum atomic E-state index is 12.6. The van der Waals surface area contributed by atoms with E-state index in [0.717, 1.165) is 6.42 Å². The van der Waals surface area contributed by atoms with Crippen molar-refractivity contribution in [2.24, 2.45) is 0 Å². The molecule has 1 heterocycles. The summed E-state index contributed by atoms with van der Waals surface area (Å²) in [6.07, 6.45) is 1.61. The van der Waals surface area contributed by atoms with Crippen molar-refractivity contribution in [1.29, 1.82) is 0 Å². The van der Waals surface area contributed by atoms with Gasteiger partial charge in [0.05, 0.1) is 12.5 Å². The molecule has 0 spiro atoms. The van der Waals surface area contributed by atoms with Crippen LogP contribution >= 0.6 is 0 Å². The number of nitrogens with one attached hydrogen (secondary N) is 2. The maximum absolute atomic E-state index is 12.6. The number of fused-ring (bicyclic) bond motifs is 1. The molecule has 3 amide bonds. The van der Waals surface area contributed by atoms with Crippen LogP contribution < -0.4 is 20.1 Å². The molecular weight excluding hydrogens is 392 g/mol. The highest BCUT2D eigenvalue weighted by molar-refractivity contribution is 5.87. The number of aliphatic carboxylic acids is 1. The van der Waals surface area contributed by atoms with Gasteiger partial charge in [-0.2, -0.15) is 0 Å². The van der Waals surface area contributed by atoms with E-state index >= 15 is 0 Å². The number of carboxylic acid groups (broad SMARTS) is 1. The van der Waals surface area contributed by atoms with Gasteiger partial charge in [-0.3, -0.25) is 19.3 Å². The number of benzene rings is 1. The number of carboxylic acids is 1. The molecule has 2 rings (SSSR count). The zero-order valence-electron chi connectivity index (χ0n) is 17.0. The first-order valence-electron chi connectivity index (χ1n) is 9.62. The third-order valence-electron chi connectivity index (χ3n) is 4.59. The molecule has 1 aliphatic rings. The third-order valence-corrected chi connectivity index (χ3v) is 4.59. The molecule has 0 aliphatic carbocycles. The van der Waals surface area contributed by atoms with Crippen LogP contribution in [0.2, 0.25) is 0 Å². The second kappa shape index (κ2) is 10.9. The minimum atomic E-state index is -1.09. The van der Waals surface area contributed by atoms with Crippen molar-refractivity contribution in [3.63, 3.8) is 0 Å². The fourth-order valence-electron chi connectivity index (χ4n) is 3.02. The van der Waals surface area contributed by atoms with E-state index in [4.69, 9.17) is 16.0 Å². The van der Waals surface area contributed by atoms with Gasteiger partial charge in [-0.1, -0.05) is 25.8 Å². The highest BCUT2D eigenvalue weighted by atomic mass is 16.7. The lowest BCUT2D eigenvalue weighted by molar-refractivity contribution is -0.137. The average Bonchev–Trinajstić information content (AvgIpc) is 3.17. The van der Waals surface area contributed by atoms with Gasteiger partial charge in [-0.25, -0.2) is 11.4 Å². The summed E-state index contributed by atoms with van der Waals surface area (Å²) in [6, 6.07) is 2.63. The second-order valence-electron chi connectivity index (χ2n) is 6.91. The topological polar surface area (TPSA) is 122 Å². The molecule has 10 nitrogen and oxygen atoms in total. The molecule has 30 heavy (non-hydrogen) atoms. The molecule has 0 unspecified atom stereocenters. The van der Waals surface area contributed by atoms with Gasteiger partial charge in [0.25, 0.3) is 12.6 Å². The van der Waals surface area contributed by atoms with Gasteiger partial charge in [0.1, 0.15) is 6.04 Å². The second-order valence-corrected chi connectivity index (χ2v) is 6.91. The maximum Gasteiger partial charge on any atom is 0.315 e. The molecule has 2 atom stereocenters. The zero-order chi connectivity index (χ0) is 22.1. The first kappa shape index (κ1) is 22.8. The Morgan fingerprint density at radius 1 is 1.27 bits per heavy atom. The van der Waals surface area contributed by atoms with Crippen molar-refractivity contribution in [3.05, 3.63) is 35.2 Å². The summed E-state index contributed by atoms with van der Waals surface area (Å²) in [5, 5.41) is 14.5. The van der Waals surface area contributed by atoms with Crippen molar-refractivity contribution in [2.75, 3.05) is 20.5 Å². The fraction of sp³-hybridized carbons (Fsp3) is 0.500. The number of urea groups is 1.